The Morgan fingerprint density at radius 3 is 2.88 bits per heavy atom. The number of carbonyl (C=O) groups excluding carboxylic acids is 1. The Morgan fingerprint density at radius 1 is 1.56 bits per heavy atom. The summed E-state index contributed by atoms with van der Waals surface area (Å²) in [6.45, 7) is 4.45. The van der Waals surface area contributed by atoms with Crippen LogP contribution in [0.4, 0.5) is 0 Å². The van der Waals surface area contributed by atoms with Gasteiger partial charge in [-0.05, 0) is 24.5 Å². The predicted octanol–water partition coefficient (Wildman–Crippen LogP) is 0.466. The van der Waals surface area contributed by atoms with Crippen LogP contribution in [-0.2, 0) is 11.3 Å². The van der Waals surface area contributed by atoms with Crippen LogP contribution < -0.4 is 11.1 Å². The second-order valence-electron chi connectivity index (χ2n) is 4.17. The largest absolute Gasteiger partial charge is 0.349 e. The van der Waals surface area contributed by atoms with Crippen molar-refractivity contribution < 1.29 is 4.79 Å². The molecule has 16 heavy (non-hydrogen) atoms. The maximum absolute atomic E-state index is 11.6. The molecule has 3 N–H and O–H groups in total. The lowest BCUT2D eigenvalue weighted by Gasteiger charge is -2.13. The van der Waals surface area contributed by atoms with Crippen molar-refractivity contribution in [2.45, 2.75) is 32.9 Å². The minimum atomic E-state index is -0.448. The van der Waals surface area contributed by atoms with Crippen LogP contribution in [0.2, 0.25) is 0 Å². The van der Waals surface area contributed by atoms with Gasteiger partial charge in [-0.3, -0.25) is 4.79 Å². The standard InChI is InChI=1S/C11H18N4O/c1-8(2)6-10(12)11(16)13-7-9-4-3-5-14-15-9/h3-5,8,10H,6-7,12H2,1-2H3,(H,13,16)/t10-/m1/s1. The molecule has 1 heterocycles. The Labute approximate surface area is 95.4 Å². The van der Waals surface area contributed by atoms with Gasteiger partial charge < -0.3 is 11.1 Å². The van der Waals surface area contributed by atoms with Crippen molar-refractivity contribution in [1.29, 1.82) is 0 Å². The van der Waals surface area contributed by atoms with Gasteiger partial charge in [-0.1, -0.05) is 13.8 Å². The van der Waals surface area contributed by atoms with Gasteiger partial charge >= 0.3 is 0 Å². The van der Waals surface area contributed by atoms with Gasteiger partial charge in [0.1, 0.15) is 0 Å². The zero-order chi connectivity index (χ0) is 12.0. The quantitative estimate of drug-likeness (QED) is 0.758. The third-order valence-corrected chi connectivity index (χ3v) is 2.13. The summed E-state index contributed by atoms with van der Waals surface area (Å²) in [5.74, 6) is 0.275. The fraction of sp³-hybridized carbons (Fsp3) is 0.545. The van der Waals surface area contributed by atoms with Crippen molar-refractivity contribution in [2.24, 2.45) is 11.7 Å². The van der Waals surface area contributed by atoms with Gasteiger partial charge in [0.25, 0.3) is 0 Å². The van der Waals surface area contributed by atoms with Gasteiger partial charge in [0.15, 0.2) is 0 Å². The normalized spacial score (nSPS) is 12.5. The Bertz CT molecular complexity index is 326. The second-order valence-corrected chi connectivity index (χ2v) is 4.17. The summed E-state index contributed by atoms with van der Waals surface area (Å²) >= 11 is 0. The van der Waals surface area contributed by atoms with Gasteiger partial charge in [0.05, 0.1) is 18.3 Å². The summed E-state index contributed by atoms with van der Waals surface area (Å²) < 4.78 is 0. The molecule has 0 aliphatic rings. The molecule has 5 nitrogen and oxygen atoms in total. The Balaban J connectivity index is 2.35. The van der Waals surface area contributed by atoms with Gasteiger partial charge in [0, 0.05) is 6.20 Å². The lowest BCUT2D eigenvalue weighted by Crippen LogP contribution is -2.41. The van der Waals surface area contributed by atoms with Crippen LogP contribution >= 0.6 is 0 Å². The average Bonchev–Trinajstić information content (AvgIpc) is 2.26. The third kappa shape index (κ3) is 4.35. The van der Waals surface area contributed by atoms with E-state index in [0.29, 0.717) is 18.9 Å². The molecule has 1 amide bonds. The van der Waals surface area contributed by atoms with E-state index < -0.39 is 6.04 Å². The van der Waals surface area contributed by atoms with E-state index in [4.69, 9.17) is 5.73 Å². The highest BCUT2D eigenvalue weighted by molar-refractivity contribution is 5.81. The van der Waals surface area contributed by atoms with Crippen molar-refractivity contribution >= 4 is 5.91 Å². The highest BCUT2D eigenvalue weighted by atomic mass is 16.2. The van der Waals surface area contributed by atoms with Crippen LogP contribution in [0.15, 0.2) is 18.3 Å². The summed E-state index contributed by atoms with van der Waals surface area (Å²) in [6.07, 6.45) is 2.28. The number of amides is 1. The number of nitrogens with two attached hydrogens (primary N) is 1. The van der Waals surface area contributed by atoms with Crippen LogP contribution in [0.1, 0.15) is 26.0 Å². The van der Waals surface area contributed by atoms with Crippen molar-refractivity contribution in [3.63, 3.8) is 0 Å². The molecule has 1 rings (SSSR count). The maximum Gasteiger partial charge on any atom is 0.237 e. The predicted molar refractivity (Wildman–Crippen MR) is 61.3 cm³/mol. The molecule has 5 heteroatoms. The second kappa shape index (κ2) is 6.17. The maximum atomic E-state index is 11.6. The van der Waals surface area contributed by atoms with E-state index in [2.05, 4.69) is 15.5 Å². The first-order chi connectivity index (χ1) is 7.59. The minimum absolute atomic E-state index is 0.139. The minimum Gasteiger partial charge on any atom is -0.349 e. The van der Waals surface area contributed by atoms with E-state index in [1.807, 2.05) is 13.8 Å². The Hall–Kier alpha value is -1.49. The van der Waals surface area contributed by atoms with E-state index >= 15 is 0 Å². The Kier molecular flexibility index (Phi) is 4.85. The molecule has 0 unspecified atom stereocenters. The van der Waals surface area contributed by atoms with Crippen LogP contribution in [0.5, 0.6) is 0 Å². The Morgan fingerprint density at radius 2 is 2.31 bits per heavy atom. The molecule has 0 bridgehead atoms. The monoisotopic (exact) mass is 222 g/mol. The van der Waals surface area contributed by atoms with Gasteiger partial charge in [0.2, 0.25) is 5.91 Å². The molecule has 0 radical (unpaired) electrons. The first-order valence-corrected chi connectivity index (χ1v) is 5.39. The topological polar surface area (TPSA) is 80.9 Å². The van der Waals surface area contributed by atoms with Crippen LogP contribution in [0.3, 0.4) is 0 Å². The van der Waals surface area contributed by atoms with E-state index in [1.165, 1.54) is 0 Å². The van der Waals surface area contributed by atoms with Crippen LogP contribution in [0.25, 0.3) is 0 Å². The van der Waals surface area contributed by atoms with Crippen LogP contribution in [0, 0.1) is 5.92 Å². The highest BCUT2D eigenvalue weighted by Gasteiger charge is 2.14. The molecular weight excluding hydrogens is 204 g/mol. The number of aromatic nitrogens is 2. The van der Waals surface area contributed by atoms with E-state index in [1.54, 1.807) is 18.3 Å². The molecule has 0 saturated heterocycles. The molecular formula is C11H18N4O. The molecule has 0 fully saturated rings. The lowest BCUT2D eigenvalue weighted by molar-refractivity contribution is -0.122. The molecule has 0 aliphatic heterocycles. The summed E-state index contributed by atoms with van der Waals surface area (Å²) in [6, 6.07) is 3.14. The average molecular weight is 222 g/mol. The molecule has 0 aliphatic carbocycles. The lowest BCUT2D eigenvalue weighted by atomic mass is 10.0. The molecule has 0 spiro atoms. The molecule has 1 aromatic heterocycles. The summed E-state index contributed by atoms with van der Waals surface area (Å²) in [7, 11) is 0. The van der Waals surface area contributed by atoms with Crippen molar-refractivity contribution in [1.82, 2.24) is 15.5 Å². The summed E-state index contributed by atoms with van der Waals surface area (Å²) in [5, 5.41) is 10.3. The van der Waals surface area contributed by atoms with Crippen molar-refractivity contribution in [3.8, 4) is 0 Å². The first kappa shape index (κ1) is 12.6. The van der Waals surface area contributed by atoms with Crippen molar-refractivity contribution in [3.05, 3.63) is 24.0 Å². The van der Waals surface area contributed by atoms with Crippen LogP contribution in [-0.4, -0.2) is 22.1 Å². The van der Waals surface area contributed by atoms with Gasteiger partial charge in [-0.2, -0.15) is 10.2 Å². The molecule has 0 saturated carbocycles. The first-order valence-electron chi connectivity index (χ1n) is 5.39. The number of carbonyl (C=O) groups is 1. The third-order valence-electron chi connectivity index (χ3n) is 2.13. The molecule has 88 valence electrons. The number of nitrogens with zero attached hydrogens (tertiary/aromatic N) is 2. The zero-order valence-corrected chi connectivity index (χ0v) is 9.68. The fourth-order valence-corrected chi connectivity index (χ4v) is 1.35. The number of hydrogen-bond acceptors (Lipinski definition) is 4. The summed E-state index contributed by atoms with van der Waals surface area (Å²) in [4.78, 5) is 11.6. The zero-order valence-electron chi connectivity index (χ0n) is 9.68. The molecule has 1 aromatic rings. The van der Waals surface area contributed by atoms with E-state index in [0.717, 1.165) is 5.69 Å². The smallest absolute Gasteiger partial charge is 0.237 e. The van der Waals surface area contributed by atoms with Gasteiger partial charge in [-0.15, -0.1) is 0 Å². The summed E-state index contributed by atoms with van der Waals surface area (Å²) in [5.41, 5.74) is 6.46. The highest BCUT2D eigenvalue weighted by Crippen LogP contribution is 2.02. The molecule has 0 aromatic carbocycles. The molecule has 1 atom stereocenters. The number of nitrogens with one attached hydrogen (secondary N) is 1. The van der Waals surface area contributed by atoms with Gasteiger partial charge in [-0.25, -0.2) is 0 Å². The SMILES string of the molecule is CC(C)C[C@@H](N)C(=O)NCc1cccnn1. The van der Waals surface area contributed by atoms with E-state index in [9.17, 15) is 4.79 Å². The van der Waals surface area contributed by atoms with E-state index in [-0.39, 0.29) is 5.91 Å². The van der Waals surface area contributed by atoms with Crippen molar-refractivity contribution in [2.75, 3.05) is 0 Å². The fourth-order valence-electron chi connectivity index (χ4n) is 1.35. The number of hydrogen-bond donors (Lipinski definition) is 2. The number of rotatable bonds is 5.